The second-order valence-corrected chi connectivity index (χ2v) is 6.45. The van der Waals surface area contributed by atoms with Gasteiger partial charge in [-0.2, -0.15) is 0 Å². The topological polar surface area (TPSA) is 15.3 Å². The van der Waals surface area contributed by atoms with Gasteiger partial charge in [0.15, 0.2) is 0 Å². The number of hydrogen-bond acceptors (Lipinski definition) is 2. The van der Waals surface area contributed by atoms with Gasteiger partial charge in [-0.15, -0.1) is 0 Å². The third-order valence-corrected chi connectivity index (χ3v) is 4.53. The zero-order valence-corrected chi connectivity index (χ0v) is 11.8. The average Bonchev–Trinajstić information content (AvgIpc) is 2.79. The lowest BCUT2D eigenvalue weighted by molar-refractivity contribution is 0.250. The van der Waals surface area contributed by atoms with Crippen molar-refractivity contribution in [3.8, 4) is 0 Å². The smallest absolute Gasteiger partial charge is 0.0166 e. The standard InChI is InChI=1S/C15H30N2/c1-13-6-5-7-15(10-13)11-16-14(2)12-17-8-3-4-9-17/h13-16H,3-12H2,1-2H3. The minimum Gasteiger partial charge on any atom is -0.313 e. The first kappa shape index (κ1) is 13.4. The second kappa shape index (κ2) is 6.75. The normalized spacial score (nSPS) is 32.8. The van der Waals surface area contributed by atoms with E-state index in [0.717, 1.165) is 11.8 Å². The van der Waals surface area contributed by atoms with Crippen molar-refractivity contribution < 1.29 is 0 Å². The van der Waals surface area contributed by atoms with E-state index in [1.54, 1.807) is 0 Å². The number of hydrogen-bond donors (Lipinski definition) is 1. The Hall–Kier alpha value is -0.0800. The lowest BCUT2D eigenvalue weighted by Crippen LogP contribution is -2.40. The summed E-state index contributed by atoms with van der Waals surface area (Å²) in [5, 5.41) is 3.76. The molecule has 0 bridgehead atoms. The van der Waals surface area contributed by atoms with E-state index in [2.05, 4.69) is 24.1 Å². The number of nitrogens with one attached hydrogen (secondary N) is 1. The molecule has 0 amide bonds. The van der Waals surface area contributed by atoms with Crippen LogP contribution in [0.3, 0.4) is 0 Å². The highest BCUT2D eigenvalue weighted by Crippen LogP contribution is 2.27. The summed E-state index contributed by atoms with van der Waals surface area (Å²) >= 11 is 0. The van der Waals surface area contributed by atoms with Crippen molar-refractivity contribution in [1.82, 2.24) is 10.2 Å². The van der Waals surface area contributed by atoms with Crippen molar-refractivity contribution in [2.75, 3.05) is 26.2 Å². The molecule has 2 nitrogen and oxygen atoms in total. The summed E-state index contributed by atoms with van der Waals surface area (Å²) < 4.78 is 0. The van der Waals surface area contributed by atoms with E-state index in [1.165, 1.54) is 64.7 Å². The Bertz CT molecular complexity index is 211. The van der Waals surface area contributed by atoms with Gasteiger partial charge in [-0.1, -0.05) is 19.8 Å². The molecule has 1 aliphatic carbocycles. The number of nitrogens with zero attached hydrogens (tertiary/aromatic N) is 1. The fourth-order valence-corrected chi connectivity index (χ4v) is 3.53. The number of likely N-dealkylation sites (tertiary alicyclic amines) is 1. The SMILES string of the molecule is CC1CCCC(CNC(C)CN2CCCC2)C1. The molecule has 1 N–H and O–H groups in total. The van der Waals surface area contributed by atoms with Crippen LogP contribution in [0.15, 0.2) is 0 Å². The van der Waals surface area contributed by atoms with Crippen LogP contribution in [0.25, 0.3) is 0 Å². The van der Waals surface area contributed by atoms with E-state index in [1.807, 2.05) is 0 Å². The van der Waals surface area contributed by atoms with Gasteiger partial charge in [0.2, 0.25) is 0 Å². The molecule has 1 saturated heterocycles. The average molecular weight is 238 g/mol. The van der Waals surface area contributed by atoms with Gasteiger partial charge in [0.25, 0.3) is 0 Å². The molecule has 0 spiro atoms. The highest BCUT2D eigenvalue weighted by molar-refractivity contribution is 4.76. The first-order valence-corrected chi connectivity index (χ1v) is 7.70. The van der Waals surface area contributed by atoms with E-state index in [4.69, 9.17) is 0 Å². The van der Waals surface area contributed by atoms with Crippen LogP contribution in [0.1, 0.15) is 52.4 Å². The molecular weight excluding hydrogens is 208 g/mol. The quantitative estimate of drug-likeness (QED) is 0.792. The van der Waals surface area contributed by atoms with Gasteiger partial charge >= 0.3 is 0 Å². The van der Waals surface area contributed by atoms with Crippen LogP contribution in [0.4, 0.5) is 0 Å². The van der Waals surface area contributed by atoms with Crippen LogP contribution < -0.4 is 5.32 Å². The van der Waals surface area contributed by atoms with E-state index in [-0.39, 0.29) is 0 Å². The predicted octanol–water partition coefficient (Wildman–Crippen LogP) is 2.89. The summed E-state index contributed by atoms with van der Waals surface area (Å²) in [6.07, 6.45) is 8.63. The molecule has 1 aliphatic heterocycles. The summed E-state index contributed by atoms with van der Waals surface area (Å²) in [4.78, 5) is 2.61. The second-order valence-electron chi connectivity index (χ2n) is 6.45. The lowest BCUT2D eigenvalue weighted by atomic mass is 9.82. The highest BCUT2D eigenvalue weighted by atomic mass is 15.2. The molecule has 0 aromatic rings. The third kappa shape index (κ3) is 4.59. The van der Waals surface area contributed by atoms with Crippen LogP contribution in [0.5, 0.6) is 0 Å². The molecule has 2 heteroatoms. The fraction of sp³-hybridized carbons (Fsp3) is 1.00. The Balaban J connectivity index is 1.59. The molecule has 0 radical (unpaired) electrons. The summed E-state index contributed by atoms with van der Waals surface area (Å²) in [7, 11) is 0. The van der Waals surface area contributed by atoms with Crippen LogP contribution in [-0.4, -0.2) is 37.1 Å². The number of rotatable bonds is 5. The third-order valence-electron chi connectivity index (χ3n) is 4.53. The van der Waals surface area contributed by atoms with Crippen molar-refractivity contribution in [2.24, 2.45) is 11.8 Å². The maximum atomic E-state index is 3.76. The Morgan fingerprint density at radius 2 is 1.94 bits per heavy atom. The van der Waals surface area contributed by atoms with Gasteiger partial charge in [-0.05, 0) is 64.1 Å². The van der Waals surface area contributed by atoms with Crippen LogP contribution >= 0.6 is 0 Å². The van der Waals surface area contributed by atoms with Crippen LogP contribution in [0.2, 0.25) is 0 Å². The minimum atomic E-state index is 0.672. The van der Waals surface area contributed by atoms with Gasteiger partial charge in [-0.25, -0.2) is 0 Å². The summed E-state index contributed by atoms with van der Waals surface area (Å²) in [6.45, 7) is 9.92. The largest absolute Gasteiger partial charge is 0.313 e. The molecule has 0 aromatic heterocycles. The molecule has 1 heterocycles. The Morgan fingerprint density at radius 1 is 1.18 bits per heavy atom. The maximum absolute atomic E-state index is 3.76. The molecule has 0 aromatic carbocycles. The van der Waals surface area contributed by atoms with Crippen LogP contribution in [0, 0.1) is 11.8 Å². The highest BCUT2D eigenvalue weighted by Gasteiger charge is 2.20. The van der Waals surface area contributed by atoms with Crippen molar-refractivity contribution >= 4 is 0 Å². The molecular formula is C15H30N2. The molecule has 2 fully saturated rings. The van der Waals surface area contributed by atoms with Crippen LogP contribution in [-0.2, 0) is 0 Å². The first-order chi connectivity index (χ1) is 8.24. The van der Waals surface area contributed by atoms with Crippen molar-refractivity contribution in [3.05, 3.63) is 0 Å². The van der Waals surface area contributed by atoms with Gasteiger partial charge in [0.05, 0.1) is 0 Å². The van der Waals surface area contributed by atoms with Crippen molar-refractivity contribution in [3.63, 3.8) is 0 Å². The summed E-state index contributed by atoms with van der Waals surface area (Å²) in [5.41, 5.74) is 0. The maximum Gasteiger partial charge on any atom is 0.0166 e. The Morgan fingerprint density at radius 3 is 2.65 bits per heavy atom. The molecule has 3 atom stereocenters. The van der Waals surface area contributed by atoms with Gasteiger partial charge in [0, 0.05) is 12.6 Å². The van der Waals surface area contributed by atoms with Crippen molar-refractivity contribution in [2.45, 2.75) is 58.4 Å². The molecule has 1 saturated carbocycles. The van der Waals surface area contributed by atoms with E-state index in [9.17, 15) is 0 Å². The van der Waals surface area contributed by atoms with Crippen molar-refractivity contribution in [1.29, 1.82) is 0 Å². The van der Waals surface area contributed by atoms with E-state index < -0.39 is 0 Å². The first-order valence-electron chi connectivity index (χ1n) is 7.70. The Labute approximate surface area is 107 Å². The predicted molar refractivity (Wildman–Crippen MR) is 74.3 cm³/mol. The van der Waals surface area contributed by atoms with E-state index in [0.29, 0.717) is 6.04 Å². The minimum absolute atomic E-state index is 0.672. The van der Waals surface area contributed by atoms with E-state index >= 15 is 0 Å². The fourth-order valence-electron chi connectivity index (χ4n) is 3.53. The monoisotopic (exact) mass is 238 g/mol. The zero-order valence-electron chi connectivity index (χ0n) is 11.8. The zero-order chi connectivity index (χ0) is 12.1. The van der Waals surface area contributed by atoms with Gasteiger partial charge < -0.3 is 10.2 Å². The lowest BCUT2D eigenvalue weighted by Gasteiger charge is -2.29. The van der Waals surface area contributed by atoms with Gasteiger partial charge in [0.1, 0.15) is 0 Å². The molecule has 2 rings (SSSR count). The molecule has 17 heavy (non-hydrogen) atoms. The Kier molecular flexibility index (Phi) is 5.30. The van der Waals surface area contributed by atoms with Gasteiger partial charge in [-0.3, -0.25) is 0 Å². The summed E-state index contributed by atoms with van der Waals surface area (Å²) in [5.74, 6) is 1.91. The molecule has 2 aliphatic rings. The summed E-state index contributed by atoms with van der Waals surface area (Å²) in [6, 6.07) is 0.672. The molecule has 100 valence electrons. The molecule has 3 unspecified atom stereocenters.